The molecule has 1 N–H and O–H groups in total. The Bertz CT molecular complexity index is 1060. The second-order valence-electron chi connectivity index (χ2n) is 7.57. The molecule has 0 radical (unpaired) electrons. The monoisotopic (exact) mass is 474 g/mol. The number of hydrogen-bond acceptors (Lipinski definition) is 7. The summed E-state index contributed by atoms with van der Waals surface area (Å²) in [5, 5.41) is 8.87. The quantitative estimate of drug-likeness (QED) is 0.216. The molecule has 0 spiro atoms. The summed E-state index contributed by atoms with van der Waals surface area (Å²) in [5.41, 5.74) is 1.81. The summed E-state index contributed by atoms with van der Waals surface area (Å²) in [4.78, 5) is 24.8. The van der Waals surface area contributed by atoms with Crippen LogP contribution in [-0.4, -0.2) is 51.5 Å². The van der Waals surface area contributed by atoms with Crippen LogP contribution in [0.3, 0.4) is 0 Å². The summed E-state index contributed by atoms with van der Waals surface area (Å²) >= 11 is 0. The standard InChI is InChI=1S/C25H30O7S/c1-19(27)32-18-23(20-12-14-22(15-13-20)33(2,29)30)24(21-10-6-5-7-11-21)25(28)31-17-9-4-3-8-16-26/h5-7,10-15,26H,3-4,8-9,16-18H2,1-2H3/b24-23+. The molecule has 0 aliphatic carbocycles. The molecule has 0 aromatic heterocycles. The molecule has 0 unspecified atom stereocenters. The SMILES string of the molecule is CC(=O)OC/C(=C(\C(=O)OCCCCCCO)c1ccccc1)c1ccc(S(C)(=O)=O)cc1. The van der Waals surface area contributed by atoms with Crippen molar-refractivity contribution in [2.45, 2.75) is 37.5 Å². The van der Waals surface area contributed by atoms with Gasteiger partial charge in [-0.25, -0.2) is 13.2 Å². The average molecular weight is 475 g/mol. The van der Waals surface area contributed by atoms with E-state index in [1.54, 1.807) is 36.4 Å². The number of aliphatic hydroxyl groups excluding tert-OH is 1. The van der Waals surface area contributed by atoms with E-state index < -0.39 is 21.8 Å². The first-order valence-corrected chi connectivity index (χ1v) is 12.6. The summed E-state index contributed by atoms with van der Waals surface area (Å²) in [5.74, 6) is -1.07. The first kappa shape index (κ1) is 26.3. The van der Waals surface area contributed by atoms with Gasteiger partial charge in [0, 0.05) is 25.4 Å². The van der Waals surface area contributed by atoms with Gasteiger partial charge in [0.1, 0.15) is 6.61 Å². The number of esters is 2. The van der Waals surface area contributed by atoms with Crippen molar-refractivity contribution in [2.75, 3.05) is 26.1 Å². The summed E-state index contributed by atoms with van der Waals surface area (Å²) in [6.07, 6.45) is 4.16. The second kappa shape index (κ2) is 12.9. The minimum atomic E-state index is -3.39. The lowest BCUT2D eigenvalue weighted by molar-refractivity contribution is -0.140. The summed E-state index contributed by atoms with van der Waals surface area (Å²) in [7, 11) is -3.39. The Morgan fingerprint density at radius 1 is 0.848 bits per heavy atom. The van der Waals surface area contributed by atoms with E-state index in [0.29, 0.717) is 29.5 Å². The van der Waals surface area contributed by atoms with Gasteiger partial charge in [-0.2, -0.15) is 0 Å². The highest BCUT2D eigenvalue weighted by Crippen LogP contribution is 2.29. The summed E-state index contributed by atoms with van der Waals surface area (Å²) in [6, 6.07) is 15.0. The number of hydrogen-bond donors (Lipinski definition) is 1. The number of sulfone groups is 1. The van der Waals surface area contributed by atoms with Crippen molar-refractivity contribution < 1.29 is 32.6 Å². The zero-order valence-electron chi connectivity index (χ0n) is 19.0. The van der Waals surface area contributed by atoms with E-state index in [2.05, 4.69) is 0 Å². The van der Waals surface area contributed by atoms with Gasteiger partial charge in [-0.1, -0.05) is 48.9 Å². The van der Waals surface area contributed by atoms with Gasteiger partial charge in [-0.3, -0.25) is 4.79 Å². The van der Waals surface area contributed by atoms with Crippen LogP contribution in [-0.2, 0) is 28.9 Å². The molecule has 2 aromatic rings. The van der Waals surface area contributed by atoms with Gasteiger partial charge in [0.05, 0.1) is 17.1 Å². The van der Waals surface area contributed by atoms with Crippen molar-refractivity contribution >= 4 is 32.9 Å². The Hall–Kier alpha value is -2.97. The molecule has 2 rings (SSSR count). The molecule has 0 fully saturated rings. The van der Waals surface area contributed by atoms with E-state index in [0.717, 1.165) is 19.1 Å². The molecular weight excluding hydrogens is 444 g/mol. The van der Waals surface area contributed by atoms with E-state index in [1.165, 1.54) is 19.1 Å². The third-order valence-electron chi connectivity index (χ3n) is 4.90. The Balaban J connectivity index is 2.45. The Morgan fingerprint density at radius 2 is 1.48 bits per heavy atom. The minimum absolute atomic E-state index is 0.137. The number of ether oxygens (including phenoxy) is 2. The molecule has 0 saturated carbocycles. The highest BCUT2D eigenvalue weighted by atomic mass is 32.2. The molecule has 8 heteroatoms. The fourth-order valence-electron chi connectivity index (χ4n) is 3.20. The minimum Gasteiger partial charge on any atom is -0.462 e. The molecule has 2 aromatic carbocycles. The van der Waals surface area contributed by atoms with Gasteiger partial charge in [-0.15, -0.1) is 0 Å². The second-order valence-corrected chi connectivity index (χ2v) is 9.59. The van der Waals surface area contributed by atoms with E-state index in [1.807, 2.05) is 6.07 Å². The Morgan fingerprint density at radius 3 is 2.06 bits per heavy atom. The maximum atomic E-state index is 13.2. The van der Waals surface area contributed by atoms with Crippen LogP contribution in [0.4, 0.5) is 0 Å². The van der Waals surface area contributed by atoms with Crippen molar-refractivity contribution in [3.05, 3.63) is 65.7 Å². The topological polar surface area (TPSA) is 107 Å². The predicted molar refractivity (Wildman–Crippen MR) is 126 cm³/mol. The molecule has 0 bridgehead atoms. The molecule has 0 saturated heterocycles. The van der Waals surface area contributed by atoms with Crippen LogP contribution in [0.25, 0.3) is 11.1 Å². The number of unbranched alkanes of at least 4 members (excludes halogenated alkanes) is 3. The fraction of sp³-hybridized carbons (Fsp3) is 0.360. The number of aliphatic hydroxyl groups is 1. The highest BCUT2D eigenvalue weighted by molar-refractivity contribution is 7.90. The normalized spacial score (nSPS) is 12.1. The molecule has 0 aliphatic heterocycles. The molecule has 0 heterocycles. The van der Waals surface area contributed by atoms with Crippen molar-refractivity contribution in [1.82, 2.24) is 0 Å². The third-order valence-corrected chi connectivity index (χ3v) is 6.03. The zero-order valence-corrected chi connectivity index (χ0v) is 19.8. The predicted octanol–water partition coefficient (Wildman–Crippen LogP) is 3.66. The van der Waals surface area contributed by atoms with Crippen molar-refractivity contribution in [2.24, 2.45) is 0 Å². The van der Waals surface area contributed by atoms with Crippen LogP contribution in [0.15, 0.2) is 59.5 Å². The van der Waals surface area contributed by atoms with Crippen molar-refractivity contribution in [3.63, 3.8) is 0 Å². The third kappa shape index (κ3) is 8.47. The van der Waals surface area contributed by atoms with E-state index in [9.17, 15) is 18.0 Å². The van der Waals surface area contributed by atoms with Gasteiger partial charge in [-0.05, 0) is 42.5 Å². The molecule has 7 nitrogen and oxygen atoms in total. The zero-order chi connectivity index (χ0) is 24.3. The van der Waals surface area contributed by atoms with Crippen molar-refractivity contribution in [3.8, 4) is 0 Å². The van der Waals surface area contributed by atoms with Gasteiger partial charge < -0.3 is 14.6 Å². The van der Waals surface area contributed by atoms with Gasteiger partial charge in [0.2, 0.25) is 0 Å². The van der Waals surface area contributed by atoms with Gasteiger partial charge in [0.15, 0.2) is 9.84 Å². The summed E-state index contributed by atoms with van der Waals surface area (Å²) in [6.45, 7) is 1.45. The lowest BCUT2D eigenvalue weighted by Gasteiger charge is -2.16. The maximum Gasteiger partial charge on any atom is 0.339 e. The van der Waals surface area contributed by atoms with Crippen LogP contribution < -0.4 is 0 Å². The number of rotatable bonds is 12. The summed E-state index contributed by atoms with van der Waals surface area (Å²) < 4.78 is 34.4. The fourth-order valence-corrected chi connectivity index (χ4v) is 3.83. The molecular formula is C25H30O7S. The average Bonchev–Trinajstić information content (AvgIpc) is 2.78. The number of benzene rings is 2. The van der Waals surface area contributed by atoms with E-state index in [-0.39, 0.29) is 30.3 Å². The van der Waals surface area contributed by atoms with Crippen LogP contribution in [0.1, 0.15) is 43.7 Å². The van der Waals surface area contributed by atoms with Gasteiger partial charge >= 0.3 is 11.9 Å². The van der Waals surface area contributed by atoms with Crippen LogP contribution in [0.2, 0.25) is 0 Å². The van der Waals surface area contributed by atoms with E-state index >= 15 is 0 Å². The lowest BCUT2D eigenvalue weighted by atomic mass is 9.95. The molecule has 178 valence electrons. The molecule has 0 amide bonds. The highest BCUT2D eigenvalue weighted by Gasteiger charge is 2.22. The molecule has 0 atom stereocenters. The maximum absolute atomic E-state index is 13.2. The van der Waals surface area contributed by atoms with Gasteiger partial charge in [0.25, 0.3) is 0 Å². The Kier molecular flexibility index (Phi) is 10.3. The number of carbonyl (C=O) groups is 2. The van der Waals surface area contributed by atoms with Crippen LogP contribution in [0, 0.1) is 0 Å². The molecule has 0 aliphatic rings. The smallest absolute Gasteiger partial charge is 0.339 e. The lowest BCUT2D eigenvalue weighted by Crippen LogP contribution is -2.14. The number of carbonyl (C=O) groups excluding carboxylic acids is 2. The molecule has 33 heavy (non-hydrogen) atoms. The van der Waals surface area contributed by atoms with E-state index in [4.69, 9.17) is 14.6 Å². The Labute approximate surface area is 195 Å². The first-order chi connectivity index (χ1) is 15.7. The first-order valence-electron chi connectivity index (χ1n) is 10.7. The van der Waals surface area contributed by atoms with Crippen LogP contribution in [0.5, 0.6) is 0 Å². The van der Waals surface area contributed by atoms with Crippen molar-refractivity contribution in [1.29, 1.82) is 0 Å². The van der Waals surface area contributed by atoms with Crippen LogP contribution >= 0.6 is 0 Å². The largest absolute Gasteiger partial charge is 0.462 e.